The fourth-order valence-corrected chi connectivity index (χ4v) is 4.34. The zero-order valence-electron chi connectivity index (χ0n) is 13.4. The van der Waals surface area contributed by atoms with E-state index < -0.39 is 16.0 Å². The van der Waals surface area contributed by atoms with E-state index in [-0.39, 0.29) is 24.3 Å². The number of hydrogen-bond donors (Lipinski definition) is 1. The van der Waals surface area contributed by atoms with Crippen LogP contribution in [-0.4, -0.2) is 26.0 Å². The van der Waals surface area contributed by atoms with Gasteiger partial charge in [0.2, 0.25) is 0 Å². The number of halogens is 2. The van der Waals surface area contributed by atoms with E-state index in [2.05, 4.69) is 15.9 Å². The van der Waals surface area contributed by atoms with Crippen molar-refractivity contribution in [3.8, 4) is 0 Å². The molecular weight excluding hydrogens is 430 g/mol. The molecule has 0 radical (unpaired) electrons. The first kappa shape index (κ1) is 19.8. The summed E-state index contributed by atoms with van der Waals surface area (Å²) in [7, 11) is -3.85. The van der Waals surface area contributed by atoms with Gasteiger partial charge in [0.15, 0.2) is 0 Å². The minimum Gasteiger partial charge on any atom is -0.481 e. The van der Waals surface area contributed by atoms with Crippen molar-refractivity contribution in [3.63, 3.8) is 0 Å². The number of nitrogens with zero attached hydrogens (tertiary/aromatic N) is 1. The molecular formula is C17H17BrClNO4S. The Kier molecular flexibility index (Phi) is 6.48. The van der Waals surface area contributed by atoms with Gasteiger partial charge >= 0.3 is 5.97 Å². The van der Waals surface area contributed by atoms with Crippen molar-refractivity contribution in [3.05, 3.63) is 57.5 Å². The summed E-state index contributed by atoms with van der Waals surface area (Å²) in [5.74, 6) is -0.969. The molecule has 0 fully saturated rings. The molecule has 0 aliphatic rings. The van der Waals surface area contributed by atoms with Crippen LogP contribution in [0.25, 0.3) is 0 Å². The van der Waals surface area contributed by atoms with Gasteiger partial charge in [-0.1, -0.05) is 33.6 Å². The summed E-state index contributed by atoms with van der Waals surface area (Å²) < 4.78 is 28.2. The highest BCUT2D eigenvalue weighted by Gasteiger charge is 2.26. The molecule has 0 aliphatic carbocycles. The lowest BCUT2D eigenvalue weighted by atomic mass is 10.2. The van der Waals surface area contributed by atoms with Crippen molar-refractivity contribution in [1.29, 1.82) is 0 Å². The summed E-state index contributed by atoms with van der Waals surface area (Å²) in [5, 5.41) is 9.30. The molecule has 0 saturated carbocycles. The molecule has 2 aromatic carbocycles. The number of anilines is 1. The molecule has 2 rings (SSSR count). The summed E-state index contributed by atoms with van der Waals surface area (Å²) in [6.45, 7) is 1.78. The predicted molar refractivity (Wildman–Crippen MR) is 102 cm³/mol. The zero-order valence-corrected chi connectivity index (χ0v) is 16.6. The maximum absolute atomic E-state index is 13.1. The molecule has 25 heavy (non-hydrogen) atoms. The molecule has 0 aromatic heterocycles. The minimum atomic E-state index is -3.85. The highest BCUT2D eigenvalue weighted by atomic mass is 79.9. The minimum absolute atomic E-state index is 0.0475. The number of carboxylic acids is 1. The molecule has 0 bridgehead atoms. The third kappa shape index (κ3) is 4.74. The van der Waals surface area contributed by atoms with Crippen molar-refractivity contribution in [1.82, 2.24) is 0 Å². The average Bonchev–Trinajstić information content (AvgIpc) is 2.55. The van der Waals surface area contributed by atoms with Gasteiger partial charge in [0.05, 0.1) is 10.6 Å². The van der Waals surface area contributed by atoms with Gasteiger partial charge in [-0.05, 0) is 55.3 Å². The molecule has 0 saturated heterocycles. The number of carboxylic acid groups (broad SMARTS) is 1. The standard InChI is InChI=1S/C17H17BrClNO4S/c1-12-15(19)4-2-5-16(12)20(11-3-6-17(21)22)25(23,24)14-9-7-13(18)8-10-14/h2,4-5,7-10H,3,6,11H2,1H3,(H,21,22). The van der Waals surface area contributed by atoms with Crippen molar-refractivity contribution >= 4 is 49.2 Å². The Morgan fingerprint density at radius 2 is 1.84 bits per heavy atom. The largest absolute Gasteiger partial charge is 0.481 e. The Morgan fingerprint density at radius 1 is 1.20 bits per heavy atom. The molecule has 0 unspecified atom stereocenters. The summed E-state index contributed by atoms with van der Waals surface area (Å²) in [4.78, 5) is 10.9. The van der Waals surface area contributed by atoms with E-state index in [1.807, 2.05) is 0 Å². The molecule has 0 aliphatic heterocycles. The predicted octanol–water partition coefficient (Wildman–Crippen LogP) is 4.47. The van der Waals surface area contributed by atoms with Crippen LogP contribution in [0.1, 0.15) is 18.4 Å². The number of sulfonamides is 1. The molecule has 0 amide bonds. The molecule has 2 aromatic rings. The first-order chi connectivity index (χ1) is 11.7. The van der Waals surface area contributed by atoms with Gasteiger partial charge < -0.3 is 5.11 Å². The van der Waals surface area contributed by atoms with Crippen LogP contribution in [-0.2, 0) is 14.8 Å². The van der Waals surface area contributed by atoms with Gasteiger partial charge in [-0.2, -0.15) is 0 Å². The van der Waals surface area contributed by atoms with Gasteiger partial charge in [-0.3, -0.25) is 9.10 Å². The number of carbonyl (C=O) groups is 1. The van der Waals surface area contributed by atoms with Crippen LogP contribution in [0.5, 0.6) is 0 Å². The summed E-state index contributed by atoms with van der Waals surface area (Å²) in [5.41, 5.74) is 1.07. The normalized spacial score (nSPS) is 11.3. The second kappa shape index (κ2) is 8.21. The smallest absolute Gasteiger partial charge is 0.303 e. The fraction of sp³-hybridized carbons (Fsp3) is 0.235. The monoisotopic (exact) mass is 445 g/mol. The van der Waals surface area contributed by atoms with Crippen molar-refractivity contribution in [2.24, 2.45) is 0 Å². The molecule has 0 spiro atoms. The second-order valence-electron chi connectivity index (χ2n) is 5.41. The van der Waals surface area contributed by atoms with Crippen LogP contribution in [0.15, 0.2) is 51.8 Å². The lowest BCUT2D eigenvalue weighted by molar-refractivity contribution is -0.137. The Hall–Kier alpha value is -1.57. The van der Waals surface area contributed by atoms with Crippen LogP contribution in [0.4, 0.5) is 5.69 Å². The van der Waals surface area contributed by atoms with E-state index in [0.717, 1.165) is 4.47 Å². The molecule has 134 valence electrons. The molecule has 0 heterocycles. The summed E-state index contributed by atoms with van der Waals surface area (Å²) >= 11 is 9.42. The maximum atomic E-state index is 13.1. The molecule has 1 N–H and O–H groups in total. The van der Waals surface area contributed by atoms with E-state index in [0.29, 0.717) is 16.3 Å². The van der Waals surface area contributed by atoms with E-state index in [1.165, 1.54) is 16.4 Å². The highest BCUT2D eigenvalue weighted by Crippen LogP contribution is 2.31. The summed E-state index contributed by atoms with van der Waals surface area (Å²) in [6.07, 6.45) is 0.0724. The van der Waals surface area contributed by atoms with E-state index >= 15 is 0 Å². The third-order valence-electron chi connectivity index (χ3n) is 3.66. The topological polar surface area (TPSA) is 74.7 Å². The zero-order chi connectivity index (χ0) is 18.6. The van der Waals surface area contributed by atoms with Crippen molar-refractivity contribution < 1.29 is 18.3 Å². The van der Waals surface area contributed by atoms with Crippen LogP contribution < -0.4 is 4.31 Å². The van der Waals surface area contributed by atoms with Crippen molar-refractivity contribution in [2.75, 3.05) is 10.8 Å². The van der Waals surface area contributed by atoms with Crippen LogP contribution in [0, 0.1) is 6.92 Å². The van der Waals surface area contributed by atoms with E-state index in [9.17, 15) is 13.2 Å². The van der Waals surface area contributed by atoms with E-state index in [1.54, 1.807) is 37.3 Å². The van der Waals surface area contributed by atoms with E-state index in [4.69, 9.17) is 16.7 Å². The Balaban J connectivity index is 2.48. The van der Waals surface area contributed by atoms with Gasteiger partial charge in [0.25, 0.3) is 10.0 Å². The van der Waals surface area contributed by atoms with Gasteiger partial charge in [-0.25, -0.2) is 8.42 Å². The van der Waals surface area contributed by atoms with Crippen LogP contribution in [0.2, 0.25) is 5.02 Å². The first-order valence-corrected chi connectivity index (χ1v) is 10.1. The quantitative estimate of drug-likeness (QED) is 0.681. The first-order valence-electron chi connectivity index (χ1n) is 7.48. The highest BCUT2D eigenvalue weighted by molar-refractivity contribution is 9.10. The lowest BCUT2D eigenvalue weighted by Gasteiger charge is -2.26. The van der Waals surface area contributed by atoms with Gasteiger partial charge in [-0.15, -0.1) is 0 Å². The number of benzene rings is 2. The number of hydrogen-bond acceptors (Lipinski definition) is 3. The number of rotatable bonds is 7. The Morgan fingerprint density at radius 3 is 2.44 bits per heavy atom. The maximum Gasteiger partial charge on any atom is 0.303 e. The molecule has 0 atom stereocenters. The van der Waals surface area contributed by atoms with Crippen LogP contribution in [0.3, 0.4) is 0 Å². The fourth-order valence-electron chi connectivity index (χ4n) is 2.34. The SMILES string of the molecule is Cc1c(Cl)cccc1N(CCCC(=O)O)S(=O)(=O)c1ccc(Br)cc1. The van der Waals surface area contributed by atoms with Crippen molar-refractivity contribution in [2.45, 2.75) is 24.7 Å². The lowest BCUT2D eigenvalue weighted by Crippen LogP contribution is -2.33. The third-order valence-corrected chi connectivity index (χ3v) is 6.43. The molecule has 8 heteroatoms. The van der Waals surface area contributed by atoms with Crippen LogP contribution >= 0.6 is 27.5 Å². The van der Waals surface area contributed by atoms with Gasteiger partial charge in [0, 0.05) is 22.5 Å². The number of aliphatic carboxylic acids is 1. The van der Waals surface area contributed by atoms with Gasteiger partial charge in [0.1, 0.15) is 0 Å². The Labute approximate surface area is 160 Å². The second-order valence-corrected chi connectivity index (χ2v) is 8.60. The Bertz CT molecular complexity index is 869. The summed E-state index contributed by atoms with van der Waals surface area (Å²) in [6, 6.07) is 11.3. The average molecular weight is 447 g/mol. The molecule has 5 nitrogen and oxygen atoms in total.